The fourth-order valence-electron chi connectivity index (χ4n) is 6.39. The van der Waals surface area contributed by atoms with Crippen LogP contribution in [0.1, 0.15) is 34.2 Å². The number of amides is 1. The molecule has 0 heterocycles. The van der Waals surface area contributed by atoms with E-state index in [1.54, 1.807) is 18.2 Å². The van der Waals surface area contributed by atoms with Gasteiger partial charge in [-0.3, -0.25) is 19.3 Å². The standard InChI is InChI=1S/C30H27F3N2O7/c1-35(2)23-18-12-15-11-17-14(6-3-13-4-8-16(9-5-13)30(31,32)33)7-10-19(36)21(17)24(37)20(15)26(39)29(18,42)27(40)22(25(23)38)28(34)41/h3-10,15,18,23,36-37,40,42H,11-12H2,1-2H3,(H2,34,41)/b6-3+/t15?,18?,23-,29-/m0/s1. The van der Waals surface area contributed by atoms with E-state index >= 15 is 0 Å². The van der Waals surface area contributed by atoms with Crippen LogP contribution < -0.4 is 5.73 Å². The number of rotatable bonds is 4. The van der Waals surface area contributed by atoms with Crippen LogP contribution in [0.5, 0.6) is 5.75 Å². The number of hydrogen-bond acceptors (Lipinski definition) is 8. The molecule has 5 rings (SSSR count). The number of fused-ring (bicyclic) bond motifs is 3. The number of carbonyl (C=O) groups excluding carboxylic acids is 3. The Morgan fingerprint density at radius 3 is 2.26 bits per heavy atom. The number of Topliss-reactive ketones (excluding diaryl/α,β-unsaturated/α-hetero) is 2. The maximum Gasteiger partial charge on any atom is 0.416 e. The van der Waals surface area contributed by atoms with Crippen LogP contribution in [0.15, 0.2) is 53.3 Å². The van der Waals surface area contributed by atoms with Gasteiger partial charge in [-0.2, -0.15) is 13.2 Å². The molecule has 2 aromatic carbocycles. The first kappa shape index (κ1) is 29.1. The van der Waals surface area contributed by atoms with Crippen LogP contribution in [0.4, 0.5) is 13.2 Å². The summed E-state index contributed by atoms with van der Waals surface area (Å²) in [7, 11) is 3.02. The molecule has 4 atom stereocenters. The number of hydrogen-bond donors (Lipinski definition) is 5. The number of benzene rings is 2. The highest BCUT2D eigenvalue weighted by Gasteiger charge is 2.64. The molecule has 6 N–H and O–H groups in total. The van der Waals surface area contributed by atoms with E-state index < -0.39 is 69.8 Å². The quantitative estimate of drug-likeness (QED) is 0.271. The molecule has 0 radical (unpaired) electrons. The average molecular weight is 585 g/mol. The van der Waals surface area contributed by atoms with Crippen LogP contribution >= 0.6 is 0 Å². The van der Waals surface area contributed by atoms with E-state index in [-0.39, 0.29) is 29.7 Å². The highest BCUT2D eigenvalue weighted by molar-refractivity contribution is 6.24. The maximum absolute atomic E-state index is 13.9. The first-order valence-corrected chi connectivity index (χ1v) is 12.9. The average Bonchev–Trinajstić information content (AvgIpc) is 2.89. The minimum atomic E-state index is -4.48. The van der Waals surface area contributed by atoms with Crippen molar-refractivity contribution in [2.75, 3.05) is 14.1 Å². The number of nitrogens with two attached hydrogens (primary N) is 1. The van der Waals surface area contributed by atoms with Crippen molar-refractivity contribution in [3.63, 3.8) is 0 Å². The van der Waals surface area contributed by atoms with Crippen molar-refractivity contribution in [3.8, 4) is 5.75 Å². The van der Waals surface area contributed by atoms with Gasteiger partial charge in [0.05, 0.1) is 17.2 Å². The Kier molecular flexibility index (Phi) is 6.82. The SMILES string of the molecule is CN(C)[C@@H]1C(=O)C(C(N)=O)=C(O)[C@@]2(O)C(=O)C3=C(O)c4c(O)ccc(/C=C/c5ccc(C(F)(F)F)cc5)c4CC3CC12. The number of ketones is 2. The molecule has 0 bridgehead atoms. The lowest BCUT2D eigenvalue weighted by molar-refractivity contribution is -0.153. The molecular weight excluding hydrogens is 557 g/mol. The normalized spacial score (nSPS) is 26.0. The monoisotopic (exact) mass is 584 g/mol. The van der Waals surface area contributed by atoms with Crippen molar-refractivity contribution in [2.24, 2.45) is 17.6 Å². The largest absolute Gasteiger partial charge is 0.508 e. The Hall–Kier alpha value is -4.42. The zero-order valence-electron chi connectivity index (χ0n) is 22.4. The van der Waals surface area contributed by atoms with Gasteiger partial charge in [0.2, 0.25) is 5.78 Å². The van der Waals surface area contributed by atoms with Crippen molar-refractivity contribution >= 4 is 35.4 Å². The molecule has 3 aliphatic carbocycles. The predicted octanol–water partition coefficient (Wildman–Crippen LogP) is 3.15. The molecule has 0 aromatic heterocycles. The summed E-state index contributed by atoms with van der Waals surface area (Å²) in [5.41, 5.74) is 1.93. The summed E-state index contributed by atoms with van der Waals surface area (Å²) < 4.78 is 38.8. The summed E-state index contributed by atoms with van der Waals surface area (Å²) in [5, 5.41) is 44.5. The second-order valence-electron chi connectivity index (χ2n) is 10.9. The highest BCUT2D eigenvalue weighted by Crippen LogP contribution is 2.53. The van der Waals surface area contributed by atoms with Gasteiger partial charge in [-0.05, 0) is 67.7 Å². The van der Waals surface area contributed by atoms with Crippen molar-refractivity contribution in [3.05, 3.63) is 81.1 Å². The third-order valence-electron chi connectivity index (χ3n) is 8.33. The number of halogens is 3. The van der Waals surface area contributed by atoms with Crippen LogP contribution in [0.3, 0.4) is 0 Å². The van der Waals surface area contributed by atoms with Gasteiger partial charge in [0.25, 0.3) is 5.91 Å². The van der Waals surface area contributed by atoms with E-state index in [1.165, 1.54) is 37.2 Å². The van der Waals surface area contributed by atoms with Crippen LogP contribution in [-0.2, 0) is 27.0 Å². The second kappa shape index (κ2) is 9.85. The molecule has 0 aliphatic heterocycles. The molecular formula is C30H27F3N2O7. The van der Waals surface area contributed by atoms with Gasteiger partial charge in [-0.25, -0.2) is 0 Å². The lowest BCUT2D eigenvalue weighted by Crippen LogP contribution is -2.65. The summed E-state index contributed by atoms with van der Waals surface area (Å²) in [5.74, 6) is -7.42. The van der Waals surface area contributed by atoms with E-state index in [4.69, 9.17) is 5.73 Å². The zero-order valence-corrected chi connectivity index (χ0v) is 22.4. The third kappa shape index (κ3) is 4.29. The summed E-state index contributed by atoms with van der Waals surface area (Å²) >= 11 is 0. The molecule has 3 aliphatic rings. The predicted molar refractivity (Wildman–Crippen MR) is 145 cm³/mol. The summed E-state index contributed by atoms with van der Waals surface area (Å²) in [6, 6.07) is 6.11. The van der Waals surface area contributed by atoms with Gasteiger partial charge in [-0.1, -0.05) is 30.4 Å². The van der Waals surface area contributed by atoms with Gasteiger partial charge in [0.1, 0.15) is 22.8 Å². The smallest absolute Gasteiger partial charge is 0.416 e. The first-order chi connectivity index (χ1) is 19.6. The highest BCUT2D eigenvalue weighted by atomic mass is 19.4. The molecule has 1 amide bonds. The van der Waals surface area contributed by atoms with Gasteiger partial charge >= 0.3 is 6.18 Å². The summed E-state index contributed by atoms with van der Waals surface area (Å²) in [4.78, 5) is 40.6. The van der Waals surface area contributed by atoms with Crippen molar-refractivity contribution < 1.29 is 48.0 Å². The van der Waals surface area contributed by atoms with Gasteiger partial charge in [0, 0.05) is 11.5 Å². The Bertz CT molecular complexity index is 1620. The van der Waals surface area contributed by atoms with Gasteiger partial charge in [-0.15, -0.1) is 0 Å². The fourth-order valence-corrected chi connectivity index (χ4v) is 6.39. The summed E-state index contributed by atoms with van der Waals surface area (Å²) in [6.45, 7) is 0. The van der Waals surface area contributed by atoms with E-state index in [2.05, 4.69) is 0 Å². The zero-order chi connectivity index (χ0) is 30.9. The molecule has 220 valence electrons. The van der Waals surface area contributed by atoms with Crippen molar-refractivity contribution in [1.82, 2.24) is 4.90 Å². The van der Waals surface area contributed by atoms with Crippen LogP contribution in [0, 0.1) is 11.8 Å². The van der Waals surface area contributed by atoms with E-state index in [9.17, 15) is 48.0 Å². The topological polar surface area (TPSA) is 161 Å². The Morgan fingerprint density at radius 2 is 1.69 bits per heavy atom. The molecule has 0 saturated heterocycles. The Labute approximate surface area is 237 Å². The Morgan fingerprint density at radius 1 is 1.05 bits per heavy atom. The minimum absolute atomic E-state index is 0.0660. The number of alkyl halides is 3. The number of nitrogens with zero attached hydrogens (tertiary/aromatic N) is 1. The number of aromatic hydroxyl groups is 1. The van der Waals surface area contributed by atoms with Crippen molar-refractivity contribution in [1.29, 1.82) is 0 Å². The Balaban J connectivity index is 1.61. The van der Waals surface area contributed by atoms with Gasteiger partial charge < -0.3 is 26.2 Å². The molecule has 1 fully saturated rings. The minimum Gasteiger partial charge on any atom is -0.508 e. The van der Waals surface area contributed by atoms with Crippen LogP contribution in [-0.4, -0.2) is 68.5 Å². The molecule has 12 heteroatoms. The molecule has 0 spiro atoms. The van der Waals surface area contributed by atoms with E-state index in [1.807, 2.05) is 0 Å². The van der Waals surface area contributed by atoms with Crippen LogP contribution in [0.2, 0.25) is 0 Å². The second-order valence-corrected chi connectivity index (χ2v) is 10.9. The molecule has 2 unspecified atom stereocenters. The number of aliphatic hydroxyl groups excluding tert-OH is 2. The number of aliphatic hydroxyl groups is 3. The molecule has 1 saturated carbocycles. The molecule has 42 heavy (non-hydrogen) atoms. The molecule has 2 aromatic rings. The lowest BCUT2D eigenvalue weighted by atomic mass is 9.57. The summed E-state index contributed by atoms with van der Waals surface area (Å²) in [6.07, 6.45) is -1.31. The van der Waals surface area contributed by atoms with Crippen LogP contribution in [0.25, 0.3) is 17.9 Å². The van der Waals surface area contributed by atoms with E-state index in [0.717, 1.165) is 12.1 Å². The number of phenols is 1. The first-order valence-electron chi connectivity index (χ1n) is 12.9. The third-order valence-corrected chi connectivity index (χ3v) is 8.33. The van der Waals surface area contributed by atoms with E-state index in [0.29, 0.717) is 16.7 Å². The number of primary amides is 1. The van der Waals surface area contributed by atoms with Gasteiger partial charge in [0.15, 0.2) is 11.4 Å². The fraction of sp³-hybridized carbons (Fsp3) is 0.300. The number of carbonyl (C=O) groups is 3. The maximum atomic E-state index is 13.9. The number of phenolic OH excluding ortho intramolecular Hbond substituents is 1. The van der Waals surface area contributed by atoms with Crippen molar-refractivity contribution in [2.45, 2.75) is 30.7 Å². The molecule has 9 nitrogen and oxygen atoms in total. The lowest BCUT2D eigenvalue weighted by Gasteiger charge is -2.50. The number of likely N-dealkylation sites (N-methyl/N-ethyl adjacent to an activating group) is 1.